The Morgan fingerprint density at radius 2 is 1.85 bits per heavy atom. The number of pyridine rings is 1. The average Bonchev–Trinajstić information content (AvgIpc) is 2.97. The highest BCUT2D eigenvalue weighted by atomic mass is 19.1. The van der Waals surface area contributed by atoms with Gasteiger partial charge in [0.2, 0.25) is 0 Å². The van der Waals surface area contributed by atoms with E-state index in [1.165, 1.54) is 10.6 Å². The van der Waals surface area contributed by atoms with Crippen LogP contribution >= 0.6 is 0 Å². The number of aromatic amines is 1. The Labute approximate surface area is 149 Å². The summed E-state index contributed by atoms with van der Waals surface area (Å²) < 4.78 is 15.4. The third kappa shape index (κ3) is 2.60. The van der Waals surface area contributed by atoms with Crippen molar-refractivity contribution >= 4 is 5.65 Å². The maximum atomic E-state index is 14.0. The quantitative estimate of drug-likeness (QED) is 0.617. The molecular weight excluding hydrogens is 331 g/mol. The van der Waals surface area contributed by atoms with Gasteiger partial charge >= 0.3 is 0 Å². The topological polar surface area (TPSA) is 63.1 Å². The number of rotatable bonds is 3. The third-order valence-electron chi connectivity index (χ3n) is 4.56. The van der Waals surface area contributed by atoms with Crippen LogP contribution in [0.25, 0.3) is 16.8 Å². The molecule has 3 heterocycles. The molecule has 1 N–H and O–H groups in total. The van der Waals surface area contributed by atoms with Gasteiger partial charge in [-0.1, -0.05) is 18.2 Å². The minimum atomic E-state index is -0.323. The zero-order valence-corrected chi connectivity index (χ0v) is 14.5. The van der Waals surface area contributed by atoms with Crippen LogP contribution in [0.3, 0.4) is 0 Å². The molecule has 0 unspecified atom stereocenters. The van der Waals surface area contributed by atoms with Crippen LogP contribution in [-0.4, -0.2) is 19.6 Å². The van der Waals surface area contributed by atoms with Gasteiger partial charge in [-0.25, -0.2) is 13.9 Å². The zero-order valence-electron chi connectivity index (χ0n) is 14.5. The predicted molar refractivity (Wildman–Crippen MR) is 97.7 cm³/mol. The molecule has 4 aromatic rings. The SMILES string of the molecule is Cc1nc2c(-c3ccncc3)c(C)[nH]n2c(=O)c1Cc1ccccc1F. The van der Waals surface area contributed by atoms with E-state index in [0.29, 0.717) is 22.5 Å². The largest absolute Gasteiger partial charge is 0.293 e. The molecule has 6 heteroatoms. The second-order valence-electron chi connectivity index (χ2n) is 6.26. The number of aryl methyl sites for hydroxylation is 2. The Morgan fingerprint density at radius 1 is 1.12 bits per heavy atom. The number of nitrogens with zero attached hydrogens (tertiary/aromatic N) is 3. The third-order valence-corrected chi connectivity index (χ3v) is 4.56. The molecule has 0 aliphatic heterocycles. The van der Waals surface area contributed by atoms with Crippen LogP contribution in [0.1, 0.15) is 22.5 Å². The van der Waals surface area contributed by atoms with Crippen molar-refractivity contribution in [3.05, 3.63) is 87.5 Å². The van der Waals surface area contributed by atoms with Crippen LogP contribution in [0.15, 0.2) is 53.6 Å². The van der Waals surface area contributed by atoms with Crippen LogP contribution in [0.5, 0.6) is 0 Å². The van der Waals surface area contributed by atoms with Gasteiger partial charge in [-0.15, -0.1) is 0 Å². The number of fused-ring (bicyclic) bond motifs is 1. The number of benzene rings is 1. The Hall–Kier alpha value is -3.28. The van der Waals surface area contributed by atoms with Gasteiger partial charge in [0.1, 0.15) is 5.82 Å². The predicted octanol–water partition coefficient (Wildman–Crippen LogP) is 3.43. The summed E-state index contributed by atoms with van der Waals surface area (Å²) in [5.41, 5.74) is 4.56. The maximum Gasteiger partial charge on any atom is 0.276 e. The van der Waals surface area contributed by atoms with E-state index in [1.807, 2.05) is 19.1 Å². The first kappa shape index (κ1) is 16.2. The second kappa shape index (κ2) is 6.22. The van der Waals surface area contributed by atoms with Crippen LogP contribution in [-0.2, 0) is 6.42 Å². The molecule has 0 radical (unpaired) electrons. The molecule has 4 rings (SSSR count). The summed E-state index contributed by atoms with van der Waals surface area (Å²) in [4.78, 5) is 21.7. The van der Waals surface area contributed by atoms with E-state index >= 15 is 0 Å². The van der Waals surface area contributed by atoms with Crippen LogP contribution in [0, 0.1) is 19.7 Å². The van der Waals surface area contributed by atoms with Crippen molar-refractivity contribution in [3.63, 3.8) is 0 Å². The molecule has 26 heavy (non-hydrogen) atoms. The Kier molecular flexibility index (Phi) is 3.88. The van der Waals surface area contributed by atoms with Crippen molar-refractivity contribution in [1.29, 1.82) is 0 Å². The lowest BCUT2D eigenvalue weighted by molar-refractivity contribution is 0.613. The average molecular weight is 348 g/mol. The normalized spacial score (nSPS) is 11.2. The molecule has 1 aromatic carbocycles. The molecular formula is C20H17FN4O. The van der Waals surface area contributed by atoms with Crippen molar-refractivity contribution in [1.82, 2.24) is 19.6 Å². The summed E-state index contributed by atoms with van der Waals surface area (Å²) in [5.74, 6) is -0.323. The fraction of sp³-hybridized carbons (Fsp3) is 0.150. The van der Waals surface area contributed by atoms with E-state index < -0.39 is 0 Å². The monoisotopic (exact) mass is 348 g/mol. The Bertz CT molecular complexity index is 1160. The van der Waals surface area contributed by atoms with Crippen molar-refractivity contribution in [2.75, 3.05) is 0 Å². The van der Waals surface area contributed by atoms with E-state index in [0.717, 1.165) is 16.8 Å². The highest BCUT2D eigenvalue weighted by Crippen LogP contribution is 2.26. The molecule has 0 atom stereocenters. The lowest BCUT2D eigenvalue weighted by Crippen LogP contribution is -2.22. The zero-order chi connectivity index (χ0) is 18.3. The fourth-order valence-electron chi connectivity index (χ4n) is 3.22. The lowest BCUT2D eigenvalue weighted by atomic mass is 10.0. The Morgan fingerprint density at radius 3 is 2.58 bits per heavy atom. The van der Waals surface area contributed by atoms with Gasteiger partial charge in [0.15, 0.2) is 5.65 Å². The Balaban J connectivity index is 1.91. The standard InChI is InChI=1S/C20H17FN4O/c1-12-16(11-15-5-3-4-6-17(15)21)20(26)25-19(23-12)18(13(2)24-25)14-7-9-22-10-8-14/h3-10,24H,11H2,1-2H3. The molecule has 0 bridgehead atoms. The molecule has 0 saturated heterocycles. The maximum absolute atomic E-state index is 14.0. The molecule has 0 amide bonds. The van der Waals surface area contributed by atoms with Crippen LogP contribution in [0.2, 0.25) is 0 Å². The number of aromatic nitrogens is 4. The van der Waals surface area contributed by atoms with Gasteiger partial charge in [-0.3, -0.25) is 14.9 Å². The highest BCUT2D eigenvalue weighted by molar-refractivity contribution is 5.79. The molecule has 130 valence electrons. The summed E-state index contributed by atoms with van der Waals surface area (Å²) in [5, 5.41) is 3.09. The summed E-state index contributed by atoms with van der Waals surface area (Å²) >= 11 is 0. The van der Waals surface area contributed by atoms with E-state index in [1.54, 1.807) is 37.5 Å². The number of nitrogens with one attached hydrogen (secondary N) is 1. The molecule has 0 aliphatic carbocycles. The minimum Gasteiger partial charge on any atom is -0.293 e. The summed E-state index contributed by atoms with van der Waals surface area (Å²) in [7, 11) is 0. The first-order valence-corrected chi connectivity index (χ1v) is 8.31. The summed E-state index contributed by atoms with van der Waals surface area (Å²) in [6.07, 6.45) is 3.61. The number of hydrogen-bond acceptors (Lipinski definition) is 3. The number of H-pyrrole nitrogens is 1. The smallest absolute Gasteiger partial charge is 0.276 e. The summed E-state index contributed by atoms with van der Waals surface area (Å²) in [6.45, 7) is 3.69. The van der Waals surface area contributed by atoms with Gasteiger partial charge in [-0.05, 0) is 43.2 Å². The van der Waals surface area contributed by atoms with Crippen LogP contribution in [0.4, 0.5) is 4.39 Å². The molecule has 3 aromatic heterocycles. The van der Waals surface area contributed by atoms with Crippen molar-refractivity contribution < 1.29 is 4.39 Å². The van der Waals surface area contributed by atoms with E-state index in [2.05, 4.69) is 15.1 Å². The lowest BCUT2D eigenvalue weighted by Gasteiger charge is -2.07. The number of halogens is 1. The van der Waals surface area contributed by atoms with E-state index in [9.17, 15) is 9.18 Å². The van der Waals surface area contributed by atoms with Crippen molar-refractivity contribution in [2.45, 2.75) is 20.3 Å². The van der Waals surface area contributed by atoms with E-state index in [-0.39, 0.29) is 17.8 Å². The molecule has 0 spiro atoms. The minimum absolute atomic E-state index is 0.204. The van der Waals surface area contributed by atoms with Gasteiger partial charge in [0.05, 0.1) is 0 Å². The second-order valence-corrected chi connectivity index (χ2v) is 6.26. The summed E-state index contributed by atoms with van der Waals surface area (Å²) in [6, 6.07) is 10.2. The van der Waals surface area contributed by atoms with Crippen molar-refractivity contribution in [3.8, 4) is 11.1 Å². The fourth-order valence-corrected chi connectivity index (χ4v) is 3.22. The van der Waals surface area contributed by atoms with E-state index in [4.69, 9.17) is 0 Å². The van der Waals surface area contributed by atoms with Gasteiger partial charge in [0.25, 0.3) is 5.56 Å². The van der Waals surface area contributed by atoms with Gasteiger partial charge in [-0.2, -0.15) is 0 Å². The molecule has 5 nitrogen and oxygen atoms in total. The van der Waals surface area contributed by atoms with Gasteiger partial charge in [0, 0.05) is 41.3 Å². The highest BCUT2D eigenvalue weighted by Gasteiger charge is 2.18. The first-order chi connectivity index (χ1) is 12.6. The van der Waals surface area contributed by atoms with Crippen molar-refractivity contribution in [2.24, 2.45) is 0 Å². The first-order valence-electron chi connectivity index (χ1n) is 8.31. The van der Waals surface area contributed by atoms with Crippen LogP contribution < -0.4 is 5.56 Å². The molecule has 0 fully saturated rings. The van der Waals surface area contributed by atoms with Gasteiger partial charge < -0.3 is 0 Å². The number of hydrogen-bond donors (Lipinski definition) is 1. The molecule has 0 saturated carbocycles. The molecule has 0 aliphatic rings.